The van der Waals surface area contributed by atoms with Gasteiger partial charge in [-0.05, 0) is 42.5 Å². The highest BCUT2D eigenvalue weighted by Crippen LogP contribution is 2.30. The molecule has 1 aliphatic rings. The quantitative estimate of drug-likeness (QED) is 0.685. The molecule has 0 unspecified atom stereocenters. The number of halogens is 1. The summed E-state index contributed by atoms with van der Waals surface area (Å²) >= 11 is 4.18. The summed E-state index contributed by atoms with van der Waals surface area (Å²) in [5.74, 6) is -0.122. The Morgan fingerprint density at radius 3 is 2.58 bits per heavy atom. The maximum absolute atomic E-state index is 12.5. The number of hydrogen-bond acceptors (Lipinski definition) is 5. The molecular weight excluding hydrogens is 420 g/mol. The van der Waals surface area contributed by atoms with Crippen molar-refractivity contribution in [1.82, 2.24) is 4.57 Å². The molecule has 1 aromatic heterocycles. The number of thiazole rings is 1. The molecule has 6 nitrogen and oxygen atoms in total. The molecule has 1 aliphatic heterocycles. The summed E-state index contributed by atoms with van der Waals surface area (Å²) in [6, 6.07) is 11.9. The SMILES string of the molecule is COc1ccc(-n2c(O)c(C3=c4cc(Br)ccc4=NC3=O)sc2=O)cc1. The highest BCUT2D eigenvalue weighted by Gasteiger charge is 2.26. The number of ether oxygens (including phenoxy) is 1. The molecule has 3 aromatic rings. The topological polar surface area (TPSA) is 80.9 Å². The molecule has 0 fully saturated rings. The van der Waals surface area contributed by atoms with Gasteiger partial charge in [-0.1, -0.05) is 27.3 Å². The minimum Gasteiger partial charge on any atom is -0.497 e. The van der Waals surface area contributed by atoms with E-state index in [9.17, 15) is 14.7 Å². The van der Waals surface area contributed by atoms with E-state index < -0.39 is 10.8 Å². The molecule has 0 bridgehead atoms. The maximum atomic E-state index is 12.5. The summed E-state index contributed by atoms with van der Waals surface area (Å²) in [5, 5.41) is 11.8. The summed E-state index contributed by atoms with van der Waals surface area (Å²) < 4.78 is 7.04. The number of methoxy groups -OCH3 is 1. The van der Waals surface area contributed by atoms with Crippen molar-refractivity contribution in [2.24, 2.45) is 4.99 Å². The third-order valence-electron chi connectivity index (χ3n) is 4.01. The van der Waals surface area contributed by atoms with E-state index >= 15 is 0 Å². The van der Waals surface area contributed by atoms with E-state index in [0.717, 1.165) is 20.4 Å². The second kappa shape index (κ2) is 6.22. The second-order valence-corrected chi connectivity index (χ2v) is 7.38. The van der Waals surface area contributed by atoms with Crippen molar-refractivity contribution in [2.75, 3.05) is 7.11 Å². The van der Waals surface area contributed by atoms with E-state index in [4.69, 9.17) is 4.74 Å². The van der Waals surface area contributed by atoms with Gasteiger partial charge in [0.05, 0.1) is 23.7 Å². The van der Waals surface area contributed by atoms with Crippen LogP contribution >= 0.6 is 27.3 Å². The standard InChI is InChI=1S/C18H11BrN2O4S/c1-25-11-5-3-10(4-6-11)21-17(23)15(26-18(21)24)14-12-8-9(19)2-7-13(12)20-16(14)22/h2-8,23H,1H3. The summed E-state index contributed by atoms with van der Waals surface area (Å²) in [6.07, 6.45) is 0. The molecular formula is C18H11BrN2O4S. The number of hydrogen-bond donors (Lipinski definition) is 1. The van der Waals surface area contributed by atoms with Crippen molar-refractivity contribution in [3.8, 4) is 17.3 Å². The number of carbonyl (C=O) groups is 1. The predicted molar refractivity (Wildman–Crippen MR) is 101 cm³/mol. The summed E-state index contributed by atoms with van der Waals surface area (Å²) in [4.78, 5) is 28.7. The van der Waals surface area contributed by atoms with E-state index in [0.29, 0.717) is 22.0 Å². The number of rotatable bonds is 3. The summed E-state index contributed by atoms with van der Waals surface area (Å²) in [7, 11) is 1.54. The molecule has 130 valence electrons. The Hall–Kier alpha value is -2.71. The van der Waals surface area contributed by atoms with E-state index in [1.807, 2.05) is 0 Å². The van der Waals surface area contributed by atoms with Crippen LogP contribution in [0.15, 0.2) is 56.7 Å². The van der Waals surface area contributed by atoms with Crippen LogP contribution in [0, 0.1) is 0 Å². The van der Waals surface area contributed by atoms with Crippen LogP contribution in [0.4, 0.5) is 0 Å². The molecule has 0 saturated carbocycles. The van der Waals surface area contributed by atoms with Crippen LogP contribution < -0.4 is 20.2 Å². The van der Waals surface area contributed by atoms with Crippen molar-refractivity contribution >= 4 is 38.7 Å². The van der Waals surface area contributed by atoms with E-state index in [2.05, 4.69) is 20.9 Å². The lowest BCUT2D eigenvalue weighted by atomic mass is 10.1. The molecule has 2 aromatic carbocycles. The molecule has 1 amide bonds. The smallest absolute Gasteiger partial charge is 0.315 e. The number of fused-ring (bicyclic) bond motifs is 1. The third kappa shape index (κ3) is 2.58. The highest BCUT2D eigenvalue weighted by molar-refractivity contribution is 9.10. The molecule has 26 heavy (non-hydrogen) atoms. The van der Waals surface area contributed by atoms with Crippen LogP contribution in [0.25, 0.3) is 11.3 Å². The van der Waals surface area contributed by atoms with Gasteiger partial charge in [-0.3, -0.25) is 9.59 Å². The molecule has 0 spiro atoms. The van der Waals surface area contributed by atoms with Gasteiger partial charge >= 0.3 is 4.87 Å². The average Bonchev–Trinajstić information content (AvgIpc) is 3.10. The number of aromatic nitrogens is 1. The monoisotopic (exact) mass is 430 g/mol. The first-order chi connectivity index (χ1) is 12.5. The molecule has 8 heteroatoms. The fraction of sp³-hybridized carbons (Fsp3) is 0.0556. The van der Waals surface area contributed by atoms with E-state index in [-0.39, 0.29) is 16.3 Å². The van der Waals surface area contributed by atoms with Gasteiger partial charge in [-0.15, -0.1) is 0 Å². The molecule has 0 aliphatic carbocycles. The molecule has 0 radical (unpaired) electrons. The van der Waals surface area contributed by atoms with Crippen LogP contribution in [0.2, 0.25) is 0 Å². The second-order valence-electron chi connectivity index (χ2n) is 5.51. The van der Waals surface area contributed by atoms with Crippen molar-refractivity contribution in [1.29, 1.82) is 0 Å². The normalized spacial score (nSPS) is 12.8. The van der Waals surface area contributed by atoms with Gasteiger partial charge in [0.2, 0.25) is 5.88 Å². The third-order valence-corrected chi connectivity index (χ3v) is 5.45. The highest BCUT2D eigenvalue weighted by atomic mass is 79.9. The minimum absolute atomic E-state index is 0.205. The number of benzene rings is 2. The summed E-state index contributed by atoms with van der Waals surface area (Å²) in [5.41, 5.74) is 0.710. The molecule has 2 heterocycles. The first kappa shape index (κ1) is 16.7. The van der Waals surface area contributed by atoms with Gasteiger partial charge < -0.3 is 9.84 Å². The van der Waals surface area contributed by atoms with Gasteiger partial charge in [0.1, 0.15) is 10.6 Å². The largest absolute Gasteiger partial charge is 0.497 e. The maximum Gasteiger partial charge on any atom is 0.315 e. The van der Waals surface area contributed by atoms with E-state index in [1.54, 1.807) is 49.6 Å². The van der Waals surface area contributed by atoms with Crippen LogP contribution in [-0.4, -0.2) is 22.7 Å². The zero-order valence-electron chi connectivity index (χ0n) is 13.4. The zero-order chi connectivity index (χ0) is 18.4. The van der Waals surface area contributed by atoms with Crippen LogP contribution in [0.3, 0.4) is 0 Å². The molecule has 4 rings (SSSR count). The Morgan fingerprint density at radius 1 is 1.15 bits per heavy atom. The van der Waals surface area contributed by atoms with Crippen LogP contribution in [0.1, 0.15) is 4.88 Å². The van der Waals surface area contributed by atoms with Crippen LogP contribution in [0.5, 0.6) is 11.6 Å². The lowest BCUT2D eigenvalue weighted by Gasteiger charge is -2.05. The Bertz CT molecular complexity index is 1230. The van der Waals surface area contributed by atoms with Crippen LogP contribution in [-0.2, 0) is 4.79 Å². The number of aromatic hydroxyl groups is 1. The minimum atomic E-state index is -0.475. The zero-order valence-corrected chi connectivity index (χ0v) is 15.8. The van der Waals surface area contributed by atoms with Gasteiger partial charge in [0.15, 0.2) is 0 Å². The fourth-order valence-electron chi connectivity index (χ4n) is 2.79. The van der Waals surface area contributed by atoms with Crippen molar-refractivity contribution in [3.05, 3.63) is 72.1 Å². The first-order valence-electron chi connectivity index (χ1n) is 7.52. The Labute approximate surface area is 159 Å². The van der Waals surface area contributed by atoms with Gasteiger partial charge in [0, 0.05) is 9.69 Å². The Balaban J connectivity index is 1.95. The number of nitrogens with zero attached hydrogens (tertiary/aromatic N) is 2. The lowest BCUT2D eigenvalue weighted by Crippen LogP contribution is -2.22. The Morgan fingerprint density at radius 2 is 1.88 bits per heavy atom. The Kier molecular flexibility index (Phi) is 4.01. The molecule has 0 saturated heterocycles. The number of amides is 1. The predicted octanol–water partition coefficient (Wildman–Crippen LogP) is 1.73. The van der Waals surface area contributed by atoms with Crippen molar-refractivity contribution in [3.63, 3.8) is 0 Å². The van der Waals surface area contributed by atoms with Gasteiger partial charge in [0.25, 0.3) is 5.91 Å². The molecule has 0 atom stereocenters. The van der Waals surface area contributed by atoms with E-state index in [1.165, 1.54) is 0 Å². The fourth-order valence-corrected chi connectivity index (χ4v) is 4.10. The first-order valence-corrected chi connectivity index (χ1v) is 9.13. The summed E-state index contributed by atoms with van der Waals surface area (Å²) in [6.45, 7) is 0. The van der Waals surface area contributed by atoms with Gasteiger partial charge in [-0.25, -0.2) is 9.56 Å². The average molecular weight is 431 g/mol. The number of carbonyl (C=O) groups excluding carboxylic acids is 1. The van der Waals surface area contributed by atoms with Gasteiger partial charge in [-0.2, -0.15) is 0 Å². The van der Waals surface area contributed by atoms with Crippen molar-refractivity contribution < 1.29 is 14.6 Å². The van der Waals surface area contributed by atoms with Crippen molar-refractivity contribution in [2.45, 2.75) is 0 Å². The lowest BCUT2D eigenvalue weighted by molar-refractivity contribution is -0.112. The molecule has 1 N–H and O–H groups in total.